The molecule has 0 aromatic heterocycles. The fraction of sp³-hybridized carbons (Fsp3) is 0.614. The van der Waals surface area contributed by atoms with Gasteiger partial charge in [-0.15, -0.1) is 0 Å². The van der Waals surface area contributed by atoms with Crippen LogP contribution in [-0.4, -0.2) is 65.7 Å². The quantitative estimate of drug-likeness (QED) is 0.0728. The third kappa shape index (κ3) is 11.8. The predicted molar refractivity (Wildman–Crippen MR) is 226 cm³/mol. The van der Waals surface area contributed by atoms with Gasteiger partial charge in [-0.3, -0.25) is 29.4 Å². The van der Waals surface area contributed by atoms with E-state index >= 15 is 9.59 Å². The lowest BCUT2D eigenvalue weighted by Crippen LogP contribution is -2.66. The number of amides is 4. The Morgan fingerprint density at radius 2 is 0.800 bits per heavy atom. The number of nitrogens with two attached hydrogens (primary N) is 4. The van der Waals surface area contributed by atoms with Crippen molar-refractivity contribution in [1.82, 2.24) is 9.80 Å². The summed E-state index contributed by atoms with van der Waals surface area (Å²) in [5.74, 6) is -0.974. The number of hydrogen-bond acceptors (Lipinski definition) is 5. The number of unbranched alkanes of at least 4 members (excludes halogenated alkanes) is 2. The second kappa shape index (κ2) is 17.2. The third-order valence-electron chi connectivity index (χ3n) is 10.4. The van der Waals surface area contributed by atoms with Crippen molar-refractivity contribution >= 4 is 29.8 Å². The molecule has 0 saturated carbocycles. The number of benzene rings is 2. The summed E-state index contributed by atoms with van der Waals surface area (Å²) in [5.41, 5.74) is 26.1. The minimum Gasteiger partial charge on any atom is -0.370 e. The van der Waals surface area contributed by atoms with Crippen molar-refractivity contribution in [3.63, 3.8) is 0 Å². The summed E-state index contributed by atoms with van der Waals surface area (Å²) in [6, 6.07) is 12.4. The molecule has 304 valence electrons. The summed E-state index contributed by atoms with van der Waals surface area (Å²) >= 11 is 0. The second-order valence-electron chi connectivity index (χ2n) is 19.5. The average Bonchev–Trinajstić information content (AvgIpc) is 3.04. The summed E-state index contributed by atoms with van der Waals surface area (Å²) in [6.45, 7) is 27.0. The maximum atomic E-state index is 15.3. The van der Waals surface area contributed by atoms with Crippen LogP contribution in [0.1, 0.15) is 142 Å². The largest absolute Gasteiger partial charge is 0.370 e. The Kier molecular flexibility index (Phi) is 14.0. The maximum absolute atomic E-state index is 15.3. The summed E-state index contributed by atoms with van der Waals surface area (Å²) in [6.07, 6.45) is 2.31. The number of urea groups is 1. The fourth-order valence-electron chi connectivity index (χ4n) is 6.88. The van der Waals surface area contributed by atoms with E-state index in [1.54, 1.807) is 0 Å². The van der Waals surface area contributed by atoms with Crippen LogP contribution < -0.4 is 22.9 Å². The standard InChI is InChI=1S/C44H70N8O3/c1-40(2,3)31-21-29(22-32(25-31)41(4,5)6)27-44(28-30-23-33(42(7,8)9)26-34(24-30)43(10,11)12)35(53)51(19-15-13-17-49-37(45)46)39(55)52(36(44)54)20-16-14-18-50-38(47)48/h21-26H,13-20,27-28H2,1-12H3,(H4,45,46,49)(H4,47,48,50). The van der Waals surface area contributed by atoms with Crippen molar-refractivity contribution < 1.29 is 14.4 Å². The zero-order valence-electron chi connectivity index (χ0n) is 35.9. The molecule has 0 spiro atoms. The first-order chi connectivity index (χ1) is 25.2. The van der Waals surface area contributed by atoms with Crippen LogP contribution >= 0.6 is 0 Å². The molecule has 8 N–H and O–H groups in total. The number of hydrogen-bond donors (Lipinski definition) is 4. The lowest BCUT2D eigenvalue weighted by atomic mass is 9.70. The fourth-order valence-corrected chi connectivity index (χ4v) is 6.88. The highest BCUT2D eigenvalue weighted by atomic mass is 16.2. The van der Waals surface area contributed by atoms with Gasteiger partial charge >= 0.3 is 6.03 Å². The first-order valence-electron chi connectivity index (χ1n) is 19.8. The number of carbonyl (C=O) groups is 3. The Morgan fingerprint density at radius 3 is 1.05 bits per heavy atom. The Balaban J connectivity index is 2.34. The van der Waals surface area contributed by atoms with E-state index in [9.17, 15) is 4.79 Å². The van der Waals surface area contributed by atoms with Gasteiger partial charge in [-0.05, 0) is 93.6 Å². The number of barbiturate groups is 1. The van der Waals surface area contributed by atoms with Crippen molar-refractivity contribution in [2.45, 2.75) is 143 Å². The average molecular weight is 759 g/mol. The molecule has 0 unspecified atom stereocenters. The molecule has 0 atom stereocenters. The Hall–Kier alpha value is -4.41. The van der Waals surface area contributed by atoms with Gasteiger partial charge in [0.25, 0.3) is 0 Å². The van der Waals surface area contributed by atoms with Crippen molar-refractivity contribution in [1.29, 1.82) is 0 Å². The summed E-state index contributed by atoms with van der Waals surface area (Å²) in [7, 11) is 0. The molecule has 1 saturated heterocycles. The number of guanidine groups is 2. The van der Waals surface area contributed by atoms with Gasteiger partial charge in [0, 0.05) is 26.2 Å². The molecule has 0 aliphatic carbocycles. The Labute approximate surface area is 330 Å². The normalized spacial score (nSPS) is 15.4. The Morgan fingerprint density at radius 1 is 0.509 bits per heavy atom. The van der Waals surface area contributed by atoms with Gasteiger partial charge in [-0.1, -0.05) is 119 Å². The molecule has 55 heavy (non-hydrogen) atoms. The van der Waals surface area contributed by atoms with E-state index in [1.807, 2.05) is 0 Å². The zero-order valence-corrected chi connectivity index (χ0v) is 35.9. The van der Waals surface area contributed by atoms with Crippen molar-refractivity contribution in [2.75, 3.05) is 26.2 Å². The van der Waals surface area contributed by atoms with Gasteiger partial charge in [0.1, 0.15) is 5.41 Å². The van der Waals surface area contributed by atoms with Gasteiger partial charge in [0.15, 0.2) is 11.9 Å². The van der Waals surface area contributed by atoms with Gasteiger partial charge < -0.3 is 22.9 Å². The lowest BCUT2D eigenvalue weighted by molar-refractivity contribution is -0.159. The molecule has 3 rings (SSSR count). The molecule has 4 amide bonds. The van der Waals surface area contributed by atoms with Crippen molar-refractivity contribution in [2.24, 2.45) is 38.3 Å². The van der Waals surface area contributed by atoms with E-state index in [0.717, 1.165) is 33.4 Å². The molecule has 1 heterocycles. The van der Waals surface area contributed by atoms with Crippen LogP contribution in [0, 0.1) is 5.41 Å². The van der Waals surface area contributed by atoms with E-state index in [1.165, 1.54) is 9.80 Å². The molecular weight excluding hydrogens is 689 g/mol. The number of rotatable bonds is 14. The smallest absolute Gasteiger partial charge is 0.333 e. The summed E-state index contributed by atoms with van der Waals surface area (Å²) in [5, 5.41) is 0. The number of imide groups is 2. The van der Waals surface area contributed by atoms with Crippen molar-refractivity contribution in [3.05, 3.63) is 69.8 Å². The number of nitrogens with zero attached hydrogens (tertiary/aromatic N) is 4. The SMILES string of the molecule is CC(C)(C)c1cc(CC2(Cc3cc(C(C)(C)C)cc(C(C)(C)C)c3)C(=O)N(CCCCN=C(N)N)C(=O)N(CCCCN=C(N)N)C2=O)cc(C(C)(C)C)c1. The second-order valence-corrected chi connectivity index (χ2v) is 19.5. The van der Waals surface area contributed by atoms with E-state index < -0.39 is 23.3 Å². The van der Waals surface area contributed by atoms with Gasteiger partial charge in [0.2, 0.25) is 11.8 Å². The molecule has 1 aliphatic rings. The monoisotopic (exact) mass is 759 g/mol. The highest BCUT2D eigenvalue weighted by molar-refractivity contribution is 6.19. The molecule has 0 bridgehead atoms. The first kappa shape index (κ1) is 45.0. The maximum Gasteiger partial charge on any atom is 0.333 e. The van der Waals surface area contributed by atoms with E-state index in [-0.39, 0.29) is 59.5 Å². The van der Waals surface area contributed by atoms with Gasteiger partial charge in [0.05, 0.1) is 0 Å². The minimum atomic E-state index is -1.61. The van der Waals surface area contributed by atoms with Gasteiger partial charge in [-0.25, -0.2) is 4.79 Å². The molecule has 2 aromatic rings. The zero-order chi connectivity index (χ0) is 41.7. The predicted octanol–water partition coefficient (Wildman–Crippen LogP) is 6.55. The van der Waals surface area contributed by atoms with Crippen LogP contribution in [0.25, 0.3) is 0 Å². The molecule has 1 aliphatic heterocycles. The molecule has 11 heteroatoms. The van der Waals surface area contributed by atoms with Crippen LogP contribution in [0.5, 0.6) is 0 Å². The molecule has 11 nitrogen and oxygen atoms in total. The Bertz CT molecular complexity index is 1570. The van der Waals surface area contributed by atoms with Crippen LogP contribution in [0.15, 0.2) is 46.4 Å². The van der Waals surface area contributed by atoms with Crippen LogP contribution in [0.4, 0.5) is 4.79 Å². The summed E-state index contributed by atoms with van der Waals surface area (Å²) in [4.78, 5) is 55.7. The molecule has 2 aromatic carbocycles. The van der Waals surface area contributed by atoms with Crippen LogP contribution in [-0.2, 0) is 44.1 Å². The number of carbonyl (C=O) groups excluding carboxylic acids is 3. The van der Waals surface area contributed by atoms with Crippen molar-refractivity contribution in [3.8, 4) is 0 Å². The topological polar surface area (TPSA) is 186 Å². The van der Waals surface area contributed by atoms with E-state index in [4.69, 9.17) is 22.9 Å². The van der Waals surface area contributed by atoms with E-state index in [0.29, 0.717) is 38.8 Å². The molecule has 0 radical (unpaired) electrons. The molecule has 1 fully saturated rings. The summed E-state index contributed by atoms with van der Waals surface area (Å²) < 4.78 is 0. The highest BCUT2D eigenvalue weighted by Crippen LogP contribution is 2.41. The first-order valence-corrected chi connectivity index (χ1v) is 19.8. The van der Waals surface area contributed by atoms with Crippen LogP contribution in [0.3, 0.4) is 0 Å². The molecular formula is C44H70N8O3. The minimum absolute atomic E-state index is 0.0131. The van der Waals surface area contributed by atoms with E-state index in [2.05, 4.69) is 129 Å². The lowest BCUT2D eigenvalue weighted by Gasteiger charge is -2.45. The van der Waals surface area contributed by atoms with Gasteiger partial charge in [-0.2, -0.15) is 0 Å². The number of aliphatic imine (C=N–C) groups is 2. The van der Waals surface area contributed by atoms with Crippen LogP contribution in [0.2, 0.25) is 0 Å². The third-order valence-corrected chi connectivity index (χ3v) is 10.4. The highest BCUT2D eigenvalue weighted by Gasteiger charge is 2.57.